The first kappa shape index (κ1) is 18.9. The van der Waals surface area contributed by atoms with Gasteiger partial charge in [0.2, 0.25) is 0 Å². The van der Waals surface area contributed by atoms with E-state index in [1.54, 1.807) is 6.92 Å². The summed E-state index contributed by atoms with van der Waals surface area (Å²) in [5.74, 6) is 1.12. The second-order valence-electron chi connectivity index (χ2n) is 8.94. The number of nitro groups is 1. The van der Waals surface area contributed by atoms with Crippen LogP contribution in [0.3, 0.4) is 0 Å². The molecule has 1 unspecified atom stereocenters. The van der Waals surface area contributed by atoms with E-state index in [2.05, 4.69) is 5.32 Å². The Morgan fingerprint density at radius 1 is 1.18 bits per heavy atom. The van der Waals surface area contributed by atoms with Crippen LogP contribution in [0.1, 0.15) is 61.4 Å². The molecule has 0 aliphatic heterocycles. The van der Waals surface area contributed by atoms with Crippen LogP contribution >= 0.6 is 0 Å². The predicted molar refractivity (Wildman–Crippen MR) is 102 cm³/mol. The van der Waals surface area contributed by atoms with Crippen molar-refractivity contribution in [2.75, 3.05) is 0 Å². The molecule has 0 heterocycles. The molecule has 1 N–H and O–H groups in total. The lowest BCUT2D eigenvalue weighted by Crippen LogP contribution is -2.61. The van der Waals surface area contributed by atoms with Crippen molar-refractivity contribution in [3.8, 4) is 0 Å². The molecule has 5 rings (SSSR count). The highest BCUT2D eigenvalue weighted by molar-refractivity contribution is 5.94. The van der Waals surface area contributed by atoms with E-state index in [4.69, 9.17) is 4.74 Å². The van der Waals surface area contributed by atoms with Crippen molar-refractivity contribution in [2.45, 2.75) is 64.0 Å². The molecule has 4 aliphatic rings. The minimum Gasteiger partial charge on any atom is -0.449 e. The van der Waals surface area contributed by atoms with E-state index in [0.29, 0.717) is 17.8 Å². The maximum atomic E-state index is 12.8. The second-order valence-corrected chi connectivity index (χ2v) is 8.94. The third kappa shape index (κ3) is 3.38. The molecule has 0 spiro atoms. The number of benzene rings is 1. The first-order valence-corrected chi connectivity index (χ1v) is 10.0. The van der Waals surface area contributed by atoms with E-state index < -0.39 is 17.0 Å². The molecular weight excluding hydrogens is 360 g/mol. The third-order valence-electron chi connectivity index (χ3n) is 6.80. The lowest BCUT2D eigenvalue weighted by Gasteiger charge is -2.57. The largest absolute Gasteiger partial charge is 0.449 e. The van der Waals surface area contributed by atoms with Crippen LogP contribution in [0.2, 0.25) is 0 Å². The van der Waals surface area contributed by atoms with E-state index in [-0.39, 0.29) is 28.3 Å². The van der Waals surface area contributed by atoms with Gasteiger partial charge in [0.25, 0.3) is 11.6 Å². The summed E-state index contributed by atoms with van der Waals surface area (Å²) in [6.07, 6.45) is 5.97. The van der Waals surface area contributed by atoms with Gasteiger partial charge in [-0.15, -0.1) is 0 Å². The lowest BCUT2D eigenvalue weighted by molar-refractivity contribution is -0.385. The van der Waals surface area contributed by atoms with Gasteiger partial charge in [-0.25, -0.2) is 4.79 Å². The number of carbonyl (C=O) groups excluding carboxylic acids is 2. The third-order valence-corrected chi connectivity index (χ3v) is 6.80. The van der Waals surface area contributed by atoms with Crippen molar-refractivity contribution in [3.05, 3.63) is 39.4 Å². The van der Waals surface area contributed by atoms with Gasteiger partial charge < -0.3 is 10.1 Å². The van der Waals surface area contributed by atoms with Crippen LogP contribution in [-0.4, -0.2) is 28.4 Å². The molecule has 4 fully saturated rings. The molecule has 7 heteroatoms. The minimum absolute atomic E-state index is 0.114. The SMILES string of the molecule is Cc1c(C(=O)OC(C)C(=O)NC23CC4CC(CC(C4)C2)C3)cccc1[N+](=O)[O-]. The van der Waals surface area contributed by atoms with E-state index >= 15 is 0 Å². The number of nitrogens with zero attached hydrogens (tertiary/aromatic N) is 1. The van der Waals surface area contributed by atoms with E-state index in [1.807, 2.05) is 0 Å². The monoisotopic (exact) mass is 386 g/mol. The minimum atomic E-state index is -0.945. The van der Waals surface area contributed by atoms with Gasteiger partial charge >= 0.3 is 5.97 Å². The Morgan fingerprint density at radius 2 is 1.75 bits per heavy atom. The smallest absolute Gasteiger partial charge is 0.339 e. The second kappa shape index (κ2) is 6.87. The molecule has 4 aliphatic carbocycles. The zero-order chi connectivity index (χ0) is 20.1. The van der Waals surface area contributed by atoms with Crippen molar-refractivity contribution in [1.82, 2.24) is 5.32 Å². The number of esters is 1. The molecule has 4 saturated carbocycles. The lowest BCUT2D eigenvalue weighted by atomic mass is 9.53. The van der Waals surface area contributed by atoms with Crippen LogP contribution in [0.4, 0.5) is 5.69 Å². The summed E-state index contributed by atoms with van der Waals surface area (Å²) in [6, 6.07) is 4.27. The highest BCUT2D eigenvalue weighted by Crippen LogP contribution is 2.55. The predicted octanol–water partition coefficient (Wildman–Crippen LogP) is 3.53. The van der Waals surface area contributed by atoms with Gasteiger partial charge in [-0.05, 0) is 76.2 Å². The number of nitrogens with one attached hydrogen (secondary N) is 1. The van der Waals surface area contributed by atoms with Gasteiger partial charge in [-0.3, -0.25) is 14.9 Å². The molecule has 150 valence electrons. The maximum Gasteiger partial charge on any atom is 0.339 e. The van der Waals surface area contributed by atoms with Gasteiger partial charge in [0.15, 0.2) is 6.10 Å². The Kier molecular flexibility index (Phi) is 4.63. The fraction of sp³-hybridized carbons (Fsp3) is 0.619. The number of hydrogen-bond acceptors (Lipinski definition) is 5. The van der Waals surface area contributed by atoms with Crippen molar-refractivity contribution >= 4 is 17.6 Å². The Morgan fingerprint density at radius 3 is 2.29 bits per heavy atom. The first-order valence-electron chi connectivity index (χ1n) is 10.0. The molecule has 1 atom stereocenters. The summed E-state index contributed by atoms with van der Waals surface area (Å²) in [6.45, 7) is 3.06. The highest BCUT2D eigenvalue weighted by atomic mass is 16.6. The highest BCUT2D eigenvalue weighted by Gasteiger charge is 2.51. The standard InChI is InChI=1S/C21H26N2O5/c1-12-17(4-3-5-18(12)23(26)27)20(25)28-13(2)19(24)22-21-9-14-6-15(10-21)8-16(7-14)11-21/h3-5,13-16H,6-11H2,1-2H3,(H,22,24). The van der Waals surface area contributed by atoms with E-state index in [1.165, 1.54) is 44.4 Å². The van der Waals surface area contributed by atoms with Crippen molar-refractivity contribution in [2.24, 2.45) is 17.8 Å². The normalized spacial score (nSPS) is 31.3. The summed E-state index contributed by atoms with van der Waals surface area (Å²) < 4.78 is 5.35. The van der Waals surface area contributed by atoms with Gasteiger partial charge in [-0.1, -0.05) is 6.07 Å². The Balaban J connectivity index is 1.42. The maximum absolute atomic E-state index is 12.8. The molecule has 1 amide bonds. The summed E-state index contributed by atoms with van der Waals surface area (Å²) >= 11 is 0. The van der Waals surface area contributed by atoms with Crippen molar-refractivity contribution in [3.63, 3.8) is 0 Å². The molecule has 0 aromatic heterocycles. The van der Waals surface area contributed by atoms with Crippen LogP contribution < -0.4 is 5.32 Å². The van der Waals surface area contributed by atoms with Crippen molar-refractivity contribution < 1.29 is 19.2 Å². The van der Waals surface area contributed by atoms with Gasteiger partial charge in [0.05, 0.1) is 10.5 Å². The van der Waals surface area contributed by atoms with Crippen LogP contribution in [0, 0.1) is 34.8 Å². The fourth-order valence-electron chi connectivity index (χ4n) is 5.95. The van der Waals surface area contributed by atoms with Crippen LogP contribution in [-0.2, 0) is 9.53 Å². The number of carbonyl (C=O) groups is 2. The summed E-state index contributed by atoms with van der Waals surface area (Å²) in [5, 5.41) is 14.3. The zero-order valence-corrected chi connectivity index (χ0v) is 16.3. The number of rotatable bonds is 5. The van der Waals surface area contributed by atoms with Crippen LogP contribution in [0.15, 0.2) is 18.2 Å². The number of hydrogen-bond donors (Lipinski definition) is 1. The Hall–Kier alpha value is -2.44. The number of ether oxygens (including phenoxy) is 1. The summed E-state index contributed by atoms with van der Waals surface area (Å²) in [7, 11) is 0. The van der Waals surface area contributed by atoms with Crippen molar-refractivity contribution in [1.29, 1.82) is 0 Å². The molecule has 0 radical (unpaired) electrons. The zero-order valence-electron chi connectivity index (χ0n) is 16.3. The molecular formula is C21H26N2O5. The van der Waals surface area contributed by atoms with Gasteiger partial charge in [0, 0.05) is 17.2 Å². The molecule has 1 aromatic rings. The van der Waals surface area contributed by atoms with Gasteiger partial charge in [-0.2, -0.15) is 0 Å². The average molecular weight is 386 g/mol. The molecule has 4 bridgehead atoms. The average Bonchev–Trinajstić information content (AvgIpc) is 2.59. The van der Waals surface area contributed by atoms with Crippen LogP contribution in [0.25, 0.3) is 0 Å². The van der Waals surface area contributed by atoms with Gasteiger partial charge in [0.1, 0.15) is 0 Å². The van der Waals surface area contributed by atoms with E-state index in [0.717, 1.165) is 19.3 Å². The quantitative estimate of drug-likeness (QED) is 0.474. The summed E-state index contributed by atoms with van der Waals surface area (Å²) in [4.78, 5) is 35.8. The summed E-state index contributed by atoms with van der Waals surface area (Å²) in [5.41, 5.74) is 0.0727. The van der Waals surface area contributed by atoms with Crippen LogP contribution in [0.5, 0.6) is 0 Å². The molecule has 7 nitrogen and oxygen atoms in total. The fourth-order valence-corrected chi connectivity index (χ4v) is 5.95. The number of nitro benzene ring substituents is 1. The molecule has 1 aromatic carbocycles. The Bertz CT molecular complexity index is 799. The topological polar surface area (TPSA) is 98.5 Å². The molecule has 0 saturated heterocycles. The molecule has 28 heavy (non-hydrogen) atoms. The first-order chi connectivity index (χ1) is 13.3. The number of amides is 1. The Labute approximate surface area is 164 Å². The van der Waals surface area contributed by atoms with E-state index in [9.17, 15) is 19.7 Å².